The molecule has 1 unspecified atom stereocenters. The standard InChI is InChI=1S/C17H19BrClNO/c1-20-15(9-12-3-5-14(19)6-4-12)10-13-11-16(21-2)7-8-17(13)18/h3-8,11,15,20H,9-10H2,1-2H3. The van der Waals surface area contributed by atoms with Gasteiger partial charge in [-0.25, -0.2) is 0 Å². The summed E-state index contributed by atoms with van der Waals surface area (Å²) in [6.07, 6.45) is 1.88. The predicted molar refractivity (Wildman–Crippen MR) is 92.4 cm³/mol. The van der Waals surface area contributed by atoms with Crippen molar-refractivity contribution in [1.82, 2.24) is 5.32 Å². The van der Waals surface area contributed by atoms with Gasteiger partial charge in [0.2, 0.25) is 0 Å². The topological polar surface area (TPSA) is 21.3 Å². The number of ether oxygens (including phenoxy) is 1. The van der Waals surface area contributed by atoms with Gasteiger partial charge >= 0.3 is 0 Å². The molecule has 0 radical (unpaired) electrons. The average Bonchev–Trinajstić information content (AvgIpc) is 2.50. The molecule has 0 aromatic heterocycles. The zero-order valence-corrected chi connectivity index (χ0v) is 14.5. The highest BCUT2D eigenvalue weighted by Crippen LogP contribution is 2.24. The van der Waals surface area contributed by atoms with Gasteiger partial charge in [0.1, 0.15) is 5.75 Å². The van der Waals surface area contributed by atoms with Crippen LogP contribution in [0.15, 0.2) is 46.9 Å². The zero-order valence-electron chi connectivity index (χ0n) is 12.2. The van der Waals surface area contributed by atoms with Crippen molar-refractivity contribution in [2.75, 3.05) is 14.2 Å². The molecular formula is C17H19BrClNO. The van der Waals surface area contributed by atoms with Gasteiger partial charge < -0.3 is 10.1 Å². The van der Waals surface area contributed by atoms with E-state index in [1.807, 2.05) is 31.3 Å². The molecule has 2 nitrogen and oxygen atoms in total. The van der Waals surface area contributed by atoms with E-state index in [9.17, 15) is 0 Å². The number of hydrogen-bond acceptors (Lipinski definition) is 2. The maximum Gasteiger partial charge on any atom is 0.119 e. The van der Waals surface area contributed by atoms with Crippen molar-refractivity contribution in [2.45, 2.75) is 18.9 Å². The smallest absolute Gasteiger partial charge is 0.119 e. The van der Waals surface area contributed by atoms with Crippen molar-refractivity contribution < 1.29 is 4.74 Å². The molecule has 0 amide bonds. The zero-order chi connectivity index (χ0) is 15.2. The summed E-state index contributed by atoms with van der Waals surface area (Å²) in [5.74, 6) is 0.884. The van der Waals surface area contributed by atoms with Gasteiger partial charge in [0.05, 0.1) is 7.11 Å². The van der Waals surface area contributed by atoms with Crippen LogP contribution in [0.3, 0.4) is 0 Å². The Morgan fingerprint density at radius 3 is 2.48 bits per heavy atom. The molecule has 0 saturated carbocycles. The van der Waals surface area contributed by atoms with E-state index in [4.69, 9.17) is 16.3 Å². The summed E-state index contributed by atoms with van der Waals surface area (Å²) in [5, 5.41) is 4.16. The summed E-state index contributed by atoms with van der Waals surface area (Å²) in [5.41, 5.74) is 2.51. The predicted octanol–water partition coefficient (Wildman–Crippen LogP) is 4.48. The largest absolute Gasteiger partial charge is 0.497 e. The lowest BCUT2D eigenvalue weighted by Crippen LogP contribution is -2.30. The van der Waals surface area contributed by atoms with Gasteiger partial charge in [-0.05, 0) is 61.3 Å². The third-order valence-corrected chi connectivity index (χ3v) is 4.55. The number of likely N-dealkylation sites (N-methyl/N-ethyl adjacent to an activating group) is 1. The normalized spacial score (nSPS) is 12.2. The van der Waals surface area contributed by atoms with Crippen LogP contribution in [0.5, 0.6) is 5.75 Å². The molecule has 2 aromatic carbocycles. The van der Waals surface area contributed by atoms with Crippen LogP contribution in [-0.4, -0.2) is 20.2 Å². The Labute approximate surface area is 139 Å². The van der Waals surface area contributed by atoms with E-state index >= 15 is 0 Å². The molecule has 112 valence electrons. The Bertz CT molecular complexity index is 586. The minimum absolute atomic E-state index is 0.356. The monoisotopic (exact) mass is 367 g/mol. The van der Waals surface area contributed by atoms with Crippen molar-refractivity contribution >= 4 is 27.5 Å². The highest BCUT2D eigenvalue weighted by molar-refractivity contribution is 9.10. The molecule has 0 aliphatic carbocycles. The van der Waals surface area contributed by atoms with E-state index in [0.717, 1.165) is 28.1 Å². The molecular weight excluding hydrogens is 350 g/mol. The van der Waals surface area contributed by atoms with Crippen LogP contribution in [0, 0.1) is 0 Å². The number of nitrogens with one attached hydrogen (secondary N) is 1. The Balaban J connectivity index is 2.10. The van der Waals surface area contributed by atoms with Crippen LogP contribution in [-0.2, 0) is 12.8 Å². The van der Waals surface area contributed by atoms with Crippen LogP contribution < -0.4 is 10.1 Å². The van der Waals surface area contributed by atoms with Crippen LogP contribution >= 0.6 is 27.5 Å². The highest BCUT2D eigenvalue weighted by Gasteiger charge is 2.11. The molecule has 21 heavy (non-hydrogen) atoms. The average molecular weight is 369 g/mol. The molecule has 0 fully saturated rings. The highest BCUT2D eigenvalue weighted by atomic mass is 79.9. The van der Waals surface area contributed by atoms with Crippen LogP contribution in [0.25, 0.3) is 0 Å². The van der Waals surface area contributed by atoms with Crippen LogP contribution in [0.4, 0.5) is 0 Å². The number of rotatable bonds is 6. The first-order chi connectivity index (χ1) is 10.1. The molecule has 0 aliphatic rings. The summed E-state index contributed by atoms with van der Waals surface area (Å²) in [6, 6.07) is 14.5. The maximum absolute atomic E-state index is 5.93. The van der Waals surface area contributed by atoms with Gasteiger partial charge in [-0.2, -0.15) is 0 Å². The summed E-state index contributed by atoms with van der Waals surface area (Å²) >= 11 is 9.54. The fraction of sp³-hybridized carbons (Fsp3) is 0.294. The van der Waals surface area contributed by atoms with Gasteiger partial charge in [-0.3, -0.25) is 0 Å². The van der Waals surface area contributed by atoms with Crippen molar-refractivity contribution in [3.05, 3.63) is 63.1 Å². The Kier molecular flexibility index (Phi) is 6.09. The summed E-state index contributed by atoms with van der Waals surface area (Å²) in [6.45, 7) is 0. The molecule has 0 aliphatic heterocycles. The lowest BCUT2D eigenvalue weighted by molar-refractivity contribution is 0.413. The van der Waals surface area contributed by atoms with E-state index in [2.05, 4.69) is 39.4 Å². The second-order valence-corrected chi connectivity index (χ2v) is 6.27. The molecule has 0 heterocycles. The molecule has 1 atom stereocenters. The fourth-order valence-corrected chi connectivity index (χ4v) is 2.82. The number of benzene rings is 2. The fourth-order valence-electron chi connectivity index (χ4n) is 2.28. The lowest BCUT2D eigenvalue weighted by atomic mass is 9.99. The third-order valence-electron chi connectivity index (χ3n) is 3.52. The van der Waals surface area contributed by atoms with Crippen molar-refractivity contribution in [3.8, 4) is 5.75 Å². The van der Waals surface area contributed by atoms with Gasteiger partial charge in [-0.1, -0.05) is 39.7 Å². The van der Waals surface area contributed by atoms with E-state index in [1.54, 1.807) is 7.11 Å². The van der Waals surface area contributed by atoms with Gasteiger partial charge in [0, 0.05) is 15.5 Å². The Hall–Kier alpha value is -1.03. The molecule has 0 spiro atoms. The van der Waals surface area contributed by atoms with Gasteiger partial charge in [0.25, 0.3) is 0 Å². The summed E-state index contributed by atoms with van der Waals surface area (Å²) < 4.78 is 6.41. The van der Waals surface area contributed by atoms with E-state index in [1.165, 1.54) is 11.1 Å². The first-order valence-electron chi connectivity index (χ1n) is 6.86. The van der Waals surface area contributed by atoms with Crippen molar-refractivity contribution in [3.63, 3.8) is 0 Å². The summed E-state index contributed by atoms with van der Waals surface area (Å²) in [7, 11) is 3.69. The minimum atomic E-state index is 0.356. The third kappa shape index (κ3) is 4.73. The first kappa shape index (κ1) is 16.3. The van der Waals surface area contributed by atoms with E-state index in [0.29, 0.717) is 6.04 Å². The van der Waals surface area contributed by atoms with Crippen molar-refractivity contribution in [1.29, 1.82) is 0 Å². The number of hydrogen-bond donors (Lipinski definition) is 1. The Morgan fingerprint density at radius 1 is 1.14 bits per heavy atom. The molecule has 1 N–H and O–H groups in total. The molecule has 2 rings (SSSR count). The summed E-state index contributed by atoms with van der Waals surface area (Å²) in [4.78, 5) is 0. The van der Waals surface area contributed by atoms with Crippen LogP contribution in [0.2, 0.25) is 5.02 Å². The van der Waals surface area contributed by atoms with Crippen LogP contribution in [0.1, 0.15) is 11.1 Å². The second kappa shape index (κ2) is 7.83. The maximum atomic E-state index is 5.93. The SMILES string of the molecule is CNC(Cc1ccc(Cl)cc1)Cc1cc(OC)ccc1Br. The van der Waals surface area contributed by atoms with Crippen molar-refractivity contribution in [2.24, 2.45) is 0 Å². The van der Waals surface area contributed by atoms with Gasteiger partial charge in [0.15, 0.2) is 0 Å². The molecule has 0 bridgehead atoms. The van der Waals surface area contributed by atoms with E-state index < -0.39 is 0 Å². The Morgan fingerprint density at radius 2 is 1.86 bits per heavy atom. The van der Waals surface area contributed by atoms with E-state index in [-0.39, 0.29) is 0 Å². The second-order valence-electron chi connectivity index (χ2n) is 4.98. The first-order valence-corrected chi connectivity index (χ1v) is 8.03. The number of halogens is 2. The quantitative estimate of drug-likeness (QED) is 0.811. The lowest BCUT2D eigenvalue weighted by Gasteiger charge is -2.18. The minimum Gasteiger partial charge on any atom is -0.497 e. The molecule has 2 aromatic rings. The number of methoxy groups -OCH3 is 1. The van der Waals surface area contributed by atoms with Gasteiger partial charge in [-0.15, -0.1) is 0 Å². The molecule has 0 saturated heterocycles. The molecule has 4 heteroatoms.